The van der Waals surface area contributed by atoms with Crippen LogP contribution in [0.15, 0.2) is 23.2 Å². The van der Waals surface area contributed by atoms with Gasteiger partial charge in [-0.15, -0.1) is 0 Å². The summed E-state index contributed by atoms with van der Waals surface area (Å²) in [6.45, 7) is 1.07. The first-order valence-corrected chi connectivity index (χ1v) is 6.28. The molecule has 0 unspecified atom stereocenters. The third-order valence-corrected chi connectivity index (χ3v) is 3.32. The van der Waals surface area contributed by atoms with E-state index in [4.69, 9.17) is 39.5 Å². The number of rotatable bonds is 1. The molecule has 2 rings (SSSR count). The van der Waals surface area contributed by atoms with Gasteiger partial charge in [-0.05, 0) is 29.8 Å². The molecule has 1 fully saturated rings. The lowest BCUT2D eigenvalue weighted by molar-refractivity contribution is 0.127. The van der Waals surface area contributed by atoms with E-state index >= 15 is 0 Å². The first kappa shape index (κ1) is 13.6. The minimum Gasteiger partial charge on any atom is -0.372 e. The van der Waals surface area contributed by atoms with E-state index in [0.717, 1.165) is 0 Å². The topological polar surface area (TPSA) is 41.9 Å². The molecule has 0 aliphatic carbocycles. The number of morpholine rings is 1. The maximum atomic E-state index is 11.2. The Balaban J connectivity index is 2.29. The molecule has 7 heteroatoms. The predicted octanol–water partition coefficient (Wildman–Crippen LogP) is 3.71. The Morgan fingerprint density at radius 3 is 2.78 bits per heavy atom. The molecule has 4 nitrogen and oxygen atoms in total. The molecule has 18 heavy (non-hydrogen) atoms. The fraction of sp³-hybridized carbons (Fsp3) is 0.273. The van der Waals surface area contributed by atoms with E-state index in [1.165, 1.54) is 4.90 Å². The molecule has 0 N–H and O–H groups in total. The molecule has 1 heterocycles. The average molecular weight is 308 g/mol. The van der Waals surface area contributed by atoms with Crippen LogP contribution in [0.4, 0.5) is 10.5 Å². The normalized spacial score (nSPS) is 18.2. The van der Waals surface area contributed by atoms with Gasteiger partial charge in [0.15, 0.2) is 0 Å². The maximum absolute atomic E-state index is 11.2. The number of ether oxygens (including phenoxy) is 1. The van der Waals surface area contributed by atoms with Crippen LogP contribution >= 0.6 is 34.8 Å². The van der Waals surface area contributed by atoms with E-state index in [1.807, 2.05) is 0 Å². The van der Waals surface area contributed by atoms with Gasteiger partial charge in [0.1, 0.15) is 12.4 Å². The van der Waals surface area contributed by atoms with Crippen molar-refractivity contribution in [1.82, 2.24) is 4.90 Å². The SMILES string of the molecule is O=C(Cl)N1CCOCC1=Nc1ccc(Cl)c(Cl)c1. The van der Waals surface area contributed by atoms with Crippen LogP contribution in [0.1, 0.15) is 0 Å². The summed E-state index contributed by atoms with van der Waals surface area (Å²) < 4.78 is 5.25. The number of aliphatic imine (C=N–C) groups is 1. The number of benzene rings is 1. The van der Waals surface area contributed by atoms with Crippen molar-refractivity contribution in [3.63, 3.8) is 0 Å². The molecule has 0 atom stereocenters. The van der Waals surface area contributed by atoms with E-state index in [1.54, 1.807) is 18.2 Å². The van der Waals surface area contributed by atoms with Crippen LogP contribution in [0.2, 0.25) is 10.0 Å². The van der Waals surface area contributed by atoms with Gasteiger partial charge in [0.05, 0.1) is 28.9 Å². The van der Waals surface area contributed by atoms with Crippen LogP contribution < -0.4 is 0 Å². The molecule has 1 aliphatic rings. The summed E-state index contributed by atoms with van der Waals surface area (Å²) in [4.78, 5) is 16.9. The summed E-state index contributed by atoms with van der Waals surface area (Å²) in [6.07, 6.45) is 0. The Hall–Kier alpha value is -0.810. The molecule has 0 saturated carbocycles. The highest BCUT2D eigenvalue weighted by atomic mass is 35.5. The zero-order chi connectivity index (χ0) is 13.1. The summed E-state index contributed by atoms with van der Waals surface area (Å²) in [5.41, 5.74) is 0.591. The van der Waals surface area contributed by atoms with Crippen molar-refractivity contribution in [2.75, 3.05) is 19.8 Å². The second-order valence-corrected chi connectivity index (χ2v) is 4.72. The highest BCUT2D eigenvalue weighted by molar-refractivity contribution is 6.64. The summed E-state index contributed by atoms with van der Waals surface area (Å²) in [5, 5.41) is 0.280. The average Bonchev–Trinajstić information content (AvgIpc) is 2.34. The van der Waals surface area contributed by atoms with Gasteiger partial charge < -0.3 is 4.74 Å². The first-order chi connectivity index (χ1) is 8.58. The molecule has 96 valence electrons. The lowest BCUT2D eigenvalue weighted by atomic mass is 10.3. The van der Waals surface area contributed by atoms with Crippen molar-refractivity contribution in [3.8, 4) is 0 Å². The Morgan fingerprint density at radius 2 is 2.11 bits per heavy atom. The van der Waals surface area contributed by atoms with Crippen LogP contribution in [-0.2, 0) is 4.74 Å². The van der Waals surface area contributed by atoms with E-state index in [2.05, 4.69) is 4.99 Å². The second kappa shape index (κ2) is 5.89. The fourth-order valence-corrected chi connectivity index (χ4v) is 1.99. The summed E-state index contributed by atoms with van der Waals surface area (Å²) in [5.74, 6) is 0.458. The van der Waals surface area contributed by atoms with E-state index in [9.17, 15) is 4.79 Å². The van der Waals surface area contributed by atoms with Crippen LogP contribution in [0, 0.1) is 0 Å². The zero-order valence-corrected chi connectivity index (χ0v) is 11.5. The molecule has 0 bridgehead atoms. The van der Waals surface area contributed by atoms with Crippen molar-refractivity contribution >= 4 is 51.7 Å². The lowest BCUT2D eigenvalue weighted by Gasteiger charge is -2.26. The number of halogens is 3. The summed E-state index contributed by atoms with van der Waals surface area (Å²) >= 11 is 17.2. The smallest absolute Gasteiger partial charge is 0.321 e. The molecule has 0 aromatic heterocycles. The van der Waals surface area contributed by atoms with Crippen molar-refractivity contribution in [3.05, 3.63) is 28.2 Å². The van der Waals surface area contributed by atoms with Crippen molar-refractivity contribution in [1.29, 1.82) is 0 Å². The van der Waals surface area contributed by atoms with Crippen LogP contribution in [0.5, 0.6) is 0 Å². The largest absolute Gasteiger partial charge is 0.372 e. The lowest BCUT2D eigenvalue weighted by Crippen LogP contribution is -2.43. The van der Waals surface area contributed by atoms with Crippen molar-refractivity contribution in [2.24, 2.45) is 4.99 Å². The van der Waals surface area contributed by atoms with Crippen molar-refractivity contribution < 1.29 is 9.53 Å². The zero-order valence-electron chi connectivity index (χ0n) is 9.20. The molecule has 1 amide bonds. The van der Waals surface area contributed by atoms with E-state index < -0.39 is 5.37 Å². The Morgan fingerprint density at radius 1 is 1.33 bits per heavy atom. The third kappa shape index (κ3) is 3.14. The number of amidine groups is 1. The monoisotopic (exact) mass is 306 g/mol. The molecule has 1 saturated heterocycles. The molecule has 1 aromatic carbocycles. The standard InChI is InChI=1S/C11H9Cl3N2O2/c12-8-2-1-7(5-9(8)13)15-10-6-18-4-3-16(10)11(14)17/h1-2,5H,3-4,6H2. The molecule has 0 radical (unpaired) electrons. The Kier molecular flexibility index (Phi) is 4.45. The van der Waals surface area contributed by atoms with Gasteiger partial charge in [-0.25, -0.2) is 4.99 Å². The molecular weight excluding hydrogens is 298 g/mol. The van der Waals surface area contributed by atoms with Gasteiger partial charge in [-0.2, -0.15) is 0 Å². The molecule has 0 spiro atoms. The Labute approximate surface area is 119 Å². The van der Waals surface area contributed by atoms with E-state index in [0.29, 0.717) is 34.7 Å². The van der Waals surface area contributed by atoms with Crippen LogP contribution in [0.3, 0.4) is 0 Å². The summed E-state index contributed by atoms with van der Waals surface area (Å²) in [6, 6.07) is 4.95. The molecular formula is C11H9Cl3N2O2. The number of hydrogen-bond acceptors (Lipinski definition) is 3. The summed E-state index contributed by atoms with van der Waals surface area (Å²) in [7, 11) is 0. The quantitative estimate of drug-likeness (QED) is 0.586. The van der Waals surface area contributed by atoms with Crippen LogP contribution in [-0.4, -0.2) is 35.9 Å². The van der Waals surface area contributed by atoms with Crippen LogP contribution in [0.25, 0.3) is 0 Å². The fourth-order valence-electron chi connectivity index (χ4n) is 1.51. The molecule has 1 aromatic rings. The number of amides is 1. The third-order valence-electron chi connectivity index (χ3n) is 2.38. The number of carbonyl (C=O) groups is 1. The highest BCUT2D eigenvalue weighted by Gasteiger charge is 2.21. The van der Waals surface area contributed by atoms with Crippen molar-refractivity contribution in [2.45, 2.75) is 0 Å². The van der Waals surface area contributed by atoms with Gasteiger partial charge in [-0.3, -0.25) is 9.69 Å². The maximum Gasteiger partial charge on any atom is 0.321 e. The van der Waals surface area contributed by atoms with Gasteiger partial charge >= 0.3 is 5.37 Å². The highest BCUT2D eigenvalue weighted by Crippen LogP contribution is 2.27. The van der Waals surface area contributed by atoms with E-state index in [-0.39, 0.29) is 6.61 Å². The van der Waals surface area contributed by atoms with Gasteiger partial charge in [0.25, 0.3) is 0 Å². The molecule has 1 aliphatic heterocycles. The number of nitrogens with zero attached hydrogens (tertiary/aromatic N) is 2. The first-order valence-electron chi connectivity index (χ1n) is 5.15. The Bertz CT molecular complexity index is 505. The minimum absolute atomic E-state index is 0.235. The second-order valence-electron chi connectivity index (χ2n) is 3.58. The van der Waals surface area contributed by atoms with Gasteiger partial charge in [-0.1, -0.05) is 23.2 Å². The number of hydrogen-bond donors (Lipinski definition) is 0. The minimum atomic E-state index is -0.572. The number of carbonyl (C=O) groups excluding carboxylic acids is 1. The van der Waals surface area contributed by atoms with Gasteiger partial charge in [0, 0.05) is 0 Å². The predicted molar refractivity (Wildman–Crippen MR) is 72.3 cm³/mol. The van der Waals surface area contributed by atoms with Gasteiger partial charge in [0.2, 0.25) is 0 Å².